The molecule has 2 aromatic heterocycles. The van der Waals surface area contributed by atoms with Crippen LogP contribution in [0.2, 0.25) is 0 Å². The highest BCUT2D eigenvalue weighted by atomic mass is 16.4. The molecule has 0 aromatic carbocycles. The predicted molar refractivity (Wildman–Crippen MR) is 69.6 cm³/mol. The van der Waals surface area contributed by atoms with Crippen LogP contribution in [0, 0.1) is 0 Å². The molecule has 0 radical (unpaired) electrons. The molecule has 2 aromatic rings. The summed E-state index contributed by atoms with van der Waals surface area (Å²) in [5.41, 5.74) is 0.763. The maximum atomic E-state index is 11.3. The summed E-state index contributed by atoms with van der Waals surface area (Å²) in [4.78, 5) is 11.3. The van der Waals surface area contributed by atoms with E-state index >= 15 is 0 Å². The SMILES string of the molecule is O=C(O)c1nnn(Cc2ccco2)c1C1CCNCC1. The normalized spacial score (nSPS) is 16.4. The zero-order valence-corrected chi connectivity index (χ0v) is 11.0. The molecule has 1 saturated heterocycles. The lowest BCUT2D eigenvalue weighted by Crippen LogP contribution is -2.28. The molecular formula is C13H16N4O3. The third-order valence-electron chi connectivity index (χ3n) is 3.59. The second-order valence-electron chi connectivity index (χ2n) is 4.89. The lowest BCUT2D eigenvalue weighted by atomic mass is 9.93. The molecule has 0 atom stereocenters. The van der Waals surface area contributed by atoms with E-state index in [-0.39, 0.29) is 11.6 Å². The molecule has 7 heteroatoms. The number of hydrogen-bond acceptors (Lipinski definition) is 5. The largest absolute Gasteiger partial charge is 0.476 e. The first-order chi connectivity index (χ1) is 9.75. The van der Waals surface area contributed by atoms with Gasteiger partial charge in [0, 0.05) is 5.92 Å². The number of furan rings is 1. The van der Waals surface area contributed by atoms with Crippen LogP contribution in [0.4, 0.5) is 0 Å². The molecule has 0 spiro atoms. The van der Waals surface area contributed by atoms with Crippen LogP contribution in [0.3, 0.4) is 0 Å². The predicted octanol–water partition coefficient (Wildman–Crippen LogP) is 1.08. The Kier molecular flexibility index (Phi) is 3.51. The second kappa shape index (κ2) is 5.46. The fourth-order valence-electron chi connectivity index (χ4n) is 2.64. The molecule has 0 unspecified atom stereocenters. The summed E-state index contributed by atoms with van der Waals surface area (Å²) in [6, 6.07) is 3.64. The van der Waals surface area contributed by atoms with Crippen LogP contribution < -0.4 is 5.32 Å². The van der Waals surface area contributed by atoms with Gasteiger partial charge in [-0.2, -0.15) is 0 Å². The minimum atomic E-state index is -1.02. The van der Waals surface area contributed by atoms with Crippen LogP contribution >= 0.6 is 0 Å². The molecular weight excluding hydrogens is 260 g/mol. The van der Waals surface area contributed by atoms with Crippen molar-refractivity contribution in [3.8, 4) is 0 Å². The number of piperidine rings is 1. The van der Waals surface area contributed by atoms with Crippen LogP contribution in [0.25, 0.3) is 0 Å². The molecule has 1 aliphatic rings. The number of carbonyl (C=O) groups is 1. The van der Waals surface area contributed by atoms with Crippen LogP contribution in [0.15, 0.2) is 22.8 Å². The van der Waals surface area contributed by atoms with Crippen molar-refractivity contribution < 1.29 is 14.3 Å². The first-order valence-corrected chi connectivity index (χ1v) is 6.65. The second-order valence-corrected chi connectivity index (χ2v) is 4.89. The van der Waals surface area contributed by atoms with Crippen molar-refractivity contribution in [2.24, 2.45) is 0 Å². The molecule has 1 fully saturated rings. The van der Waals surface area contributed by atoms with Gasteiger partial charge in [-0.15, -0.1) is 5.10 Å². The molecule has 0 amide bonds. The van der Waals surface area contributed by atoms with Gasteiger partial charge in [-0.3, -0.25) is 0 Å². The Bertz CT molecular complexity index is 585. The standard InChI is InChI=1S/C13H16N4O3/c18-13(19)11-12(9-3-5-14-6-4-9)17(16-15-11)8-10-2-1-7-20-10/h1-2,7,9,14H,3-6,8H2,(H,18,19). The number of aromatic nitrogens is 3. The average molecular weight is 276 g/mol. The monoisotopic (exact) mass is 276 g/mol. The van der Waals surface area contributed by atoms with Crippen molar-refractivity contribution in [1.29, 1.82) is 0 Å². The Hall–Kier alpha value is -2.15. The molecule has 7 nitrogen and oxygen atoms in total. The van der Waals surface area contributed by atoms with Gasteiger partial charge in [0.25, 0.3) is 0 Å². The van der Waals surface area contributed by atoms with Crippen LogP contribution in [0.5, 0.6) is 0 Å². The highest BCUT2D eigenvalue weighted by Crippen LogP contribution is 2.27. The lowest BCUT2D eigenvalue weighted by Gasteiger charge is -2.23. The summed E-state index contributed by atoms with van der Waals surface area (Å²) in [6.45, 7) is 2.18. The highest BCUT2D eigenvalue weighted by Gasteiger charge is 2.27. The zero-order chi connectivity index (χ0) is 13.9. The fraction of sp³-hybridized carbons (Fsp3) is 0.462. The first kappa shape index (κ1) is 12.9. The fourth-order valence-corrected chi connectivity index (χ4v) is 2.64. The number of rotatable bonds is 4. The average Bonchev–Trinajstić information content (AvgIpc) is 3.09. The third kappa shape index (κ3) is 2.44. The van der Waals surface area contributed by atoms with Gasteiger partial charge in [0.1, 0.15) is 12.3 Å². The third-order valence-corrected chi connectivity index (χ3v) is 3.59. The summed E-state index contributed by atoms with van der Waals surface area (Å²) in [5.74, 6) is -0.112. The highest BCUT2D eigenvalue weighted by molar-refractivity contribution is 5.86. The minimum absolute atomic E-state index is 0.0588. The van der Waals surface area contributed by atoms with Crippen molar-refractivity contribution in [2.45, 2.75) is 25.3 Å². The zero-order valence-electron chi connectivity index (χ0n) is 11.0. The van der Waals surface area contributed by atoms with Gasteiger partial charge in [0.2, 0.25) is 0 Å². The number of carboxylic acid groups (broad SMARTS) is 1. The van der Waals surface area contributed by atoms with Gasteiger partial charge in [0.15, 0.2) is 5.69 Å². The van der Waals surface area contributed by atoms with Gasteiger partial charge >= 0.3 is 5.97 Å². The number of aromatic carboxylic acids is 1. The molecule has 106 valence electrons. The summed E-state index contributed by atoms with van der Waals surface area (Å²) in [5, 5.41) is 20.4. The van der Waals surface area contributed by atoms with Crippen molar-refractivity contribution in [1.82, 2.24) is 20.3 Å². The van der Waals surface area contributed by atoms with E-state index in [0.717, 1.165) is 31.7 Å². The number of nitrogens with one attached hydrogen (secondary N) is 1. The smallest absolute Gasteiger partial charge is 0.358 e. The van der Waals surface area contributed by atoms with Crippen LogP contribution in [-0.4, -0.2) is 39.2 Å². The van der Waals surface area contributed by atoms with Gasteiger partial charge < -0.3 is 14.8 Å². The quantitative estimate of drug-likeness (QED) is 0.868. The first-order valence-electron chi connectivity index (χ1n) is 6.65. The van der Waals surface area contributed by atoms with Crippen LogP contribution in [0.1, 0.15) is 40.7 Å². The summed E-state index contributed by atoms with van der Waals surface area (Å²) < 4.78 is 6.95. The van der Waals surface area contributed by atoms with E-state index < -0.39 is 5.97 Å². The Labute approximate surface area is 115 Å². The molecule has 3 rings (SSSR count). The topological polar surface area (TPSA) is 93.2 Å². The van der Waals surface area contributed by atoms with Crippen molar-refractivity contribution in [3.05, 3.63) is 35.5 Å². The summed E-state index contributed by atoms with van der Waals surface area (Å²) in [6.07, 6.45) is 3.38. The van der Waals surface area contributed by atoms with Gasteiger partial charge in [-0.05, 0) is 38.1 Å². The van der Waals surface area contributed by atoms with Crippen molar-refractivity contribution >= 4 is 5.97 Å². The Morgan fingerprint density at radius 3 is 2.95 bits per heavy atom. The summed E-state index contributed by atoms with van der Waals surface area (Å²) >= 11 is 0. The van der Waals surface area contributed by atoms with Crippen molar-refractivity contribution in [2.75, 3.05) is 13.1 Å². The van der Waals surface area contributed by atoms with E-state index in [1.54, 1.807) is 17.0 Å². The Morgan fingerprint density at radius 2 is 2.30 bits per heavy atom. The van der Waals surface area contributed by atoms with Crippen molar-refractivity contribution in [3.63, 3.8) is 0 Å². The minimum Gasteiger partial charge on any atom is -0.476 e. The van der Waals surface area contributed by atoms with E-state index in [9.17, 15) is 9.90 Å². The molecule has 1 aliphatic heterocycles. The maximum absolute atomic E-state index is 11.3. The van der Waals surface area contributed by atoms with E-state index in [1.165, 1.54) is 0 Å². The molecule has 0 aliphatic carbocycles. The van der Waals surface area contributed by atoms with E-state index in [4.69, 9.17) is 4.42 Å². The van der Waals surface area contributed by atoms with E-state index in [2.05, 4.69) is 15.6 Å². The van der Waals surface area contributed by atoms with E-state index in [0.29, 0.717) is 12.2 Å². The van der Waals surface area contributed by atoms with Gasteiger partial charge in [0.05, 0.1) is 12.0 Å². The molecule has 0 bridgehead atoms. The van der Waals surface area contributed by atoms with E-state index in [1.807, 2.05) is 6.07 Å². The lowest BCUT2D eigenvalue weighted by molar-refractivity contribution is 0.0688. The van der Waals surface area contributed by atoms with Gasteiger partial charge in [-0.25, -0.2) is 9.48 Å². The number of nitrogens with zero attached hydrogens (tertiary/aromatic N) is 3. The molecule has 0 saturated carbocycles. The van der Waals surface area contributed by atoms with Gasteiger partial charge in [-0.1, -0.05) is 5.21 Å². The maximum Gasteiger partial charge on any atom is 0.358 e. The summed E-state index contributed by atoms with van der Waals surface area (Å²) in [7, 11) is 0. The van der Waals surface area contributed by atoms with Crippen LogP contribution in [-0.2, 0) is 6.54 Å². The Morgan fingerprint density at radius 1 is 1.50 bits per heavy atom. The molecule has 2 N–H and O–H groups in total. The molecule has 3 heterocycles. The number of carboxylic acids is 1. The molecule has 20 heavy (non-hydrogen) atoms. The Balaban J connectivity index is 1.94. The number of hydrogen-bond donors (Lipinski definition) is 2.